The SMILES string of the molecule is COc1ccc(S(=O)(=O)Nc2cccc(-c3cn4ccccc4n3)c2)cc1F. The van der Waals surface area contributed by atoms with Crippen LogP contribution in [0.5, 0.6) is 5.75 Å². The summed E-state index contributed by atoms with van der Waals surface area (Å²) >= 11 is 0. The molecule has 0 saturated carbocycles. The Bertz CT molecular complexity index is 1240. The van der Waals surface area contributed by atoms with Gasteiger partial charge >= 0.3 is 0 Å². The van der Waals surface area contributed by atoms with Gasteiger partial charge in [-0.3, -0.25) is 4.72 Å². The number of hydrogen-bond acceptors (Lipinski definition) is 4. The molecule has 0 bridgehead atoms. The third kappa shape index (κ3) is 3.41. The molecule has 2 heterocycles. The fourth-order valence-corrected chi connectivity index (χ4v) is 3.91. The number of pyridine rings is 1. The number of rotatable bonds is 5. The molecule has 0 unspecified atom stereocenters. The summed E-state index contributed by atoms with van der Waals surface area (Å²) in [6.07, 6.45) is 3.75. The van der Waals surface area contributed by atoms with Crippen molar-refractivity contribution in [3.8, 4) is 17.0 Å². The van der Waals surface area contributed by atoms with Crippen molar-refractivity contribution in [1.29, 1.82) is 0 Å². The van der Waals surface area contributed by atoms with Crippen LogP contribution in [0, 0.1) is 5.82 Å². The van der Waals surface area contributed by atoms with Gasteiger partial charge in [-0.2, -0.15) is 0 Å². The van der Waals surface area contributed by atoms with Crippen LogP contribution in [-0.2, 0) is 10.0 Å². The molecule has 0 saturated heterocycles. The number of anilines is 1. The van der Waals surface area contributed by atoms with E-state index < -0.39 is 15.8 Å². The van der Waals surface area contributed by atoms with E-state index >= 15 is 0 Å². The first-order valence-corrected chi connectivity index (χ1v) is 9.85. The van der Waals surface area contributed by atoms with Gasteiger partial charge in [0.25, 0.3) is 10.0 Å². The van der Waals surface area contributed by atoms with E-state index in [2.05, 4.69) is 9.71 Å². The van der Waals surface area contributed by atoms with E-state index in [1.54, 1.807) is 18.2 Å². The topological polar surface area (TPSA) is 72.7 Å². The average molecular weight is 397 g/mol. The van der Waals surface area contributed by atoms with Gasteiger partial charge < -0.3 is 9.14 Å². The molecule has 0 spiro atoms. The van der Waals surface area contributed by atoms with Crippen molar-refractivity contribution in [3.63, 3.8) is 0 Å². The lowest BCUT2D eigenvalue weighted by Crippen LogP contribution is -2.13. The second kappa shape index (κ2) is 6.97. The molecule has 0 amide bonds. The number of benzene rings is 2. The zero-order valence-electron chi connectivity index (χ0n) is 14.8. The summed E-state index contributed by atoms with van der Waals surface area (Å²) in [6, 6.07) is 16.0. The summed E-state index contributed by atoms with van der Waals surface area (Å²) in [5.74, 6) is -0.767. The van der Waals surface area contributed by atoms with Crippen molar-refractivity contribution in [2.75, 3.05) is 11.8 Å². The number of methoxy groups -OCH3 is 1. The molecule has 0 fully saturated rings. The van der Waals surface area contributed by atoms with Gasteiger partial charge in [0.1, 0.15) is 5.65 Å². The van der Waals surface area contributed by atoms with Crippen LogP contribution in [-0.4, -0.2) is 24.9 Å². The van der Waals surface area contributed by atoms with Gasteiger partial charge in [-0.1, -0.05) is 18.2 Å². The molecule has 28 heavy (non-hydrogen) atoms. The van der Waals surface area contributed by atoms with Gasteiger partial charge in [0, 0.05) is 23.6 Å². The smallest absolute Gasteiger partial charge is 0.262 e. The molecular formula is C20H16FN3O3S. The number of imidazole rings is 1. The van der Waals surface area contributed by atoms with Crippen molar-refractivity contribution < 1.29 is 17.5 Å². The molecule has 0 aliphatic heterocycles. The predicted molar refractivity (Wildman–Crippen MR) is 104 cm³/mol. The molecule has 2 aromatic carbocycles. The van der Waals surface area contributed by atoms with E-state index in [9.17, 15) is 12.8 Å². The number of ether oxygens (including phenoxy) is 1. The molecule has 4 aromatic rings. The second-order valence-corrected chi connectivity index (χ2v) is 7.76. The maximum Gasteiger partial charge on any atom is 0.262 e. The van der Waals surface area contributed by atoms with E-state index in [1.807, 2.05) is 41.1 Å². The average Bonchev–Trinajstić information content (AvgIpc) is 3.12. The van der Waals surface area contributed by atoms with Gasteiger partial charge in [0.2, 0.25) is 0 Å². The Labute approximate surface area is 161 Å². The summed E-state index contributed by atoms with van der Waals surface area (Å²) in [4.78, 5) is 4.34. The van der Waals surface area contributed by atoms with Gasteiger partial charge in [-0.15, -0.1) is 0 Å². The highest BCUT2D eigenvalue weighted by Crippen LogP contribution is 2.26. The van der Waals surface area contributed by atoms with Crippen LogP contribution in [0.1, 0.15) is 0 Å². The minimum absolute atomic E-state index is 0.0206. The van der Waals surface area contributed by atoms with E-state index in [0.717, 1.165) is 17.3 Å². The highest BCUT2D eigenvalue weighted by Gasteiger charge is 2.17. The van der Waals surface area contributed by atoms with Crippen LogP contribution in [0.2, 0.25) is 0 Å². The van der Waals surface area contributed by atoms with Crippen molar-refractivity contribution in [2.24, 2.45) is 0 Å². The standard InChI is InChI=1S/C20H16FN3O3S/c1-27-19-9-8-16(12-17(19)21)28(25,26)23-15-6-4-5-14(11-15)18-13-24-10-3-2-7-20(24)22-18/h2-13,23H,1H3. The number of aromatic nitrogens is 2. The monoisotopic (exact) mass is 397 g/mol. The number of nitrogens with one attached hydrogen (secondary N) is 1. The molecule has 8 heteroatoms. The van der Waals surface area contributed by atoms with E-state index in [4.69, 9.17) is 4.74 Å². The lowest BCUT2D eigenvalue weighted by atomic mass is 10.1. The summed E-state index contributed by atoms with van der Waals surface area (Å²) < 4.78 is 48.3. The maximum absolute atomic E-state index is 13.9. The molecule has 142 valence electrons. The van der Waals surface area contributed by atoms with Crippen molar-refractivity contribution in [1.82, 2.24) is 9.38 Å². The summed E-state index contributed by atoms with van der Waals surface area (Å²) in [6.45, 7) is 0. The lowest BCUT2D eigenvalue weighted by Gasteiger charge is -2.10. The van der Waals surface area contributed by atoms with Crippen LogP contribution < -0.4 is 9.46 Å². The lowest BCUT2D eigenvalue weighted by molar-refractivity contribution is 0.385. The quantitative estimate of drug-likeness (QED) is 0.553. The molecule has 0 radical (unpaired) electrons. The number of fused-ring (bicyclic) bond motifs is 1. The minimum atomic E-state index is -3.96. The second-order valence-electron chi connectivity index (χ2n) is 6.07. The molecule has 0 aliphatic rings. The first-order chi connectivity index (χ1) is 13.5. The Kier molecular flexibility index (Phi) is 4.48. The van der Waals surface area contributed by atoms with Gasteiger partial charge in [0.05, 0.1) is 17.7 Å². The number of nitrogens with zero attached hydrogens (tertiary/aromatic N) is 2. The molecule has 1 N–H and O–H groups in total. The summed E-state index contributed by atoms with van der Waals surface area (Å²) in [5, 5.41) is 0. The van der Waals surface area contributed by atoms with Crippen LogP contribution in [0.4, 0.5) is 10.1 Å². The fraction of sp³-hybridized carbons (Fsp3) is 0.0500. The molecule has 2 aromatic heterocycles. The number of halogens is 1. The van der Waals surface area contributed by atoms with Gasteiger partial charge in [0.15, 0.2) is 11.6 Å². The van der Waals surface area contributed by atoms with Gasteiger partial charge in [-0.05, 0) is 42.5 Å². The highest BCUT2D eigenvalue weighted by atomic mass is 32.2. The molecule has 4 rings (SSSR count). The molecular weight excluding hydrogens is 381 g/mol. The normalized spacial score (nSPS) is 11.5. The Morgan fingerprint density at radius 1 is 1.07 bits per heavy atom. The van der Waals surface area contributed by atoms with Crippen LogP contribution in [0.25, 0.3) is 16.9 Å². The van der Waals surface area contributed by atoms with Crippen molar-refractivity contribution >= 4 is 21.4 Å². The number of hydrogen-bond donors (Lipinski definition) is 1. The Morgan fingerprint density at radius 3 is 2.68 bits per heavy atom. The van der Waals surface area contributed by atoms with Gasteiger partial charge in [-0.25, -0.2) is 17.8 Å². The zero-order chi connectivity index (χ0) is 19.7. The van der Waals surface area contributed by atoms with Crippen molar-refractivity contribution in [3.05, 3.63) is 78.9 Å². The largest absolute Gasteiger partial charge is 0.494 e. The Balaban J connectivity index is 1.65. The zero-order valence-corrected chi connectivity index (χ0v) is 15.7. The van der Waals surface area contributed by atoms with Crippen LogP contribution >= 0.6 is 0 Å². The van der Waals surface area contributed by atoms with E-state index in [0.29, 0.717) is 11.4 Å². The third-order valence-corrected chi connectivity index (χ3v) is 5.59. The van der Waals surface area contributed by atoms with Crippen LogP contribution in [0.3, 0.4) is 0 Å². The molecule has 0 aliphatic carbocycles. The van der Waals surface area contributed by atoms with Crippen LogP contribution in [0.15, 0.2) is 78.0 Å². The first kappa shape index (κ1) is 18.0. The number of sulfonamides is 1. The maximum atomic E-state index is 13.9. The van der Waals surface area contributed by atoms with E-state index in [1.165, 1.54) is 19.2 Å². The minimum Gasteiger partial charge on any atom is -0.494 e. The highest BCUT2D eigenvalue weighted by molar-refractivity contribution is 7.92. The third-order valence-electron chi connectivity index (χ3n) is 4.21. The Hall–Kier alpha value is -3.39. The first-order valence-electron chi connectivity index (χ1n) is 8.37. The summed E-state index contributed by atoms with van der Waals surface area (Å²) in [5.41, 5.74) is 2.61. The fourth-order valence-electron chi connectivity index (χ4n) is 2.84. The Morgan fingerprint density at radius 2 is 1.93 bits per heavy atom. The molecule has 0 atom stereocenters. The molecule has 6 nitrogen and oxygen atoms in total. The summed E-state index contributed by atoms with van der Waals surface area (Å²) in [7, 11) is -2.64. The van der Waals surface area contributed by atoms with Crippen molar-refractivity contribution in [2.45, 2.75) is 4.90 Å². The predicted octanol–water partition coefficient (Wildman–Crippen LogP) is 3.95. The van der Waals surface area contributed by atoms with E-state index in [-0.39, 0.29) is 10.6 Å².